The summed E-state index contributed by atoms with van der Waals surface area (Å²) < 4.78 is 67.3. The lowest BCUT2D eigenvalue weighted by molar-refractivity contribution is 0.465. The van der Waals surface area contributed by atoms with E-state index in [2.05, 4.69) is 5.32 Å². The number of para-hydroxylation sites is 2. The van der Waals surface area contributed by atoms with Crippen LogP contribution in [0.1, 0.15) is 5.76 Å². The molecule has 4 aromatic rings. The van der Waals surface area contributed by atoms with E-state index in [-0.39, 0.29) is 23.7 Å². The van der Waals surface area contributed by atoms with Crippen molar-refractivity contribution in [3.8, 4) is 17.2 Å². The molecule has 0 atom stereocenters. The van der Waals surface area contributed by atoms with Crippen LogP contribution in [0.15, 0.2) is 105 Å². The molecule has 0 saturated heterocycles. The lowest BCUT2D eigenvalue weighted by Gasteiger charge is -2.17. The molecule has 0 saturated carbocycles. The minimum Gasteiger partial charge on any atom is -0.467 e. The second-order valence-electron chi connectivity index (χ2n) is 7.04. The minimum atomic E-state index is -4.48. The van der Waals surface area contributed by atoms with E-state index in [0.29, 0.717) is 11.5 Å². The Morgan fingerprint density at radius 3 is 2.03 bits per heavy atom. The molecule has 0 aliphatic heterocycles. The molecular formula is C23H20N2O7S2. The molecule has 4 rings (SSSR count). The number of sulfonamides is 1. The molecular weight excluding hydrogens is 480 g/mol. The van der Waals surface area contributed by atoms with Crippen LogP contribution in [-0.2, 0) is 26.7 Å². The zero-order chi connectivity index (χ0) is 24.2. The number of rotatable bonds is 9. The number of benzene rings is 3. The summed E-state index contributed by atoms with van der Waals surface area (Å²) in [4.78, 5) is -0.956. The van der Waals surface area contributed by atoms with E-state index < -0.39 is 29.9 Å². The molecule has 0 amide bonds. The Morgan fingerprint density at radius 1 is 0.794 bits per heavy atom. The van der Waals surface area contributed by atoms with Crippen LogP contribution in [0.2, 0.25) is 0 Å². The van der Waals surface area contributed by atoms with Crippen LogP contribution >= 0.6 is 0 Å². The van der Waals surface area contributed by atoms with Crippen LogP contribution in [-0.4, -0.2) is 16.8 Å². The first-order chi connectivity index (χ1) is 16.2. The van der Waals surface area contributed by atoms with E-state index in [1.165, 1.54) is 24.5 Å². The summed E-state index contributed by atoms with van der Waals surface area (Å²) >= 11 is 0. The topological polar surface area (TPSA) is 138 Å². The number of ether oxygens (including phenoxy) is 1. The predicted molar refractivity (Wildman–Crippen MR) is 125 cm³/mol. The minimum absolute atomic E-state index is 0.0330. The molecule has 34 heavy (non-hydrogen) atoms. The number of hydrogen-bond acceptors (Lipinski definition) is 8. The lowest BCUT2D eigenvalue weighted by atomic mass is 10.2. The lowest BCUT2D eigenvalue weighted by Crippen LogP contribution is -2.18. The van der Waals surface area contributed by atoms with Gasteiger partial charge in [0.25, 0.3) is 0 Å². The van der Waals surface area contributed by atoms with Crippen LogP contribution in [0.3, 0.4) is 0 Å². The van der Waals surface area contributed by atoms with Gasteiger partial charge in [-0.15, -0.1) is 0 Å². The fourth-order valence-corrected chi connectivity index (χ4v) is 4.90. The highest BCUT2D eigenvalue weighted by molar-refractivity contribution is 7.89. The maximum Gasteiger partial charge on any atom is 0.341 e. The molecule has 0 spiro atoms. The summed E-state index contributed by atoms with van der Waals surface area (Å²) in [5, 5.41) is 8.34. The summed E-state index contributed by atoms with van der Waals surface area (Å²) in [6.45, 7) is 0.111. The second-order valence-corrected chi connectivity index (χ2v) is 10.1. The molecule has 11 heteroatoms. The average Bonchev–Trinajstić information content (AvgIpc) is 3.31. The van der Waals surface area contributed by atoms with E-state index in [4.69, 9.17) is 18.5 Å². The Morgan fingerprint density at radius 2 is 1.44 bits per heavy atom. The van der Waals surface area contributed by atoms with E-state index in [9.17, 15) is 16.8 Å². The van der Waals surface area contributed by atoms with Gasteiger partial charge in [-0.05, 0) is 42.5 Å². The van der Waals surface area contributed by atoms with E-state index >= 15 is 0 Å². The monoisotopic (exact) mass is 500 g/mol. The third kappa shape index (κ3) is 5.57. The highest BCUT2D eigenvalue weighted by Crippen LogP contribution is 2.37. The zero-order valence-electron chi connectivity index (χ0n) is 17.6. The van der Waals surface area contributed by atoms with E-state index in [0.717, 1.165) is 6.07 Å². The van der Waals surface area contributed by atoms with Gasteiger partial charge in [-0.3, -0.25) is 0 Å². The van der Waals surface area contributed by atoms with Crippen molar-refractivity contribution in [1.82, 2.24) is 0 Å². The van der Waals surface area contributed by atoms with Gasteiger partial charge >= 0.3 is 10.1 Å². The maximum absolute atomic E-state index is 13.2. The number of hydrogen-bond donors (Lipinski definition) is 2. The van der Waals surface area contributed by atoms with Crippen molar-refractivity contribution in [2.75, 3.05) is 5.32 Å². The van der Waals surface area contributed by atoms with Gasteiger partial charge in [0.05, 0.1) is 18.5 Å². The van der Waals surface area contributed by atoms with E-state index in [1.807, 2.05) is 0 Å². The van der Waals surface area contributed by atoms with Gasteiger partial charge in [-0.2, -0.15) is 8.42 Å². The predicted octanol–water partition coefficient (Wildman–Crippen LogP) is 4.10. The molecule has 9 nitrogen and oxygen atoms in total. The average molecular weight is 501 g/mol. The molecule has 0 unspecified atom stereocenters. The van der Waals surface area contributed by atoms with Crippen LogP contribution in [0.4, 0.5) is 5.69 Å². The summed E-state index contributed by atoms with van der Waals surface area (Å²) in [6, 6.07) is 21.8. The van der Waals surface area contributed by atoms with Crippen molar-refractivity contribution < 1.29 is 30.2 Å². The van der Waals surface area contributed by atoms with Gasteiger partial charge in [-0.25, -0.2) is 13.6 Å². The van der Waals surface area contributed by atoms with Gasteiger partial charge in [-0.1, -0.05) is 36.4 Å². The van der Waals surface area contributed by atoms with E-state index in [1.54, 1.807) is 60.7 Å². The third-order valence-electron chi connectivity index (χ3n) is 4.58. The fraction of sp³-hybridized carbons (Fsp3) is 0.0435. The van der Waals surface area contributed by atoms with Gasteiger partial charge < -0.3 is 18.7 Å². The first kappa shape index (κ1) is 23.4. The van der Waals surface area contributed by atoms with Gasteiger partial charge in [0.15, 0.2) is 0 Å². The van der Waals surface area contributed by atoms with Gasteiger partial charge in [0, 0.05) is 6.07 Å². The normalized spacial score (nSPS) is 11.7. The number of nitrogens with one attached hydrogen (secondary N) is 1. The van der Waals surface area contributed by atoms with Crippen molar-refractivity contribution in [3.63, 3.8) is 0 Å². The molecule has 3 aromatic carbocycles. The number of furan rings is 1. The molecule has 0 aliphatic carbocycles. The molecule has 1 heterocycles. The SMILES string of the molecule is NS(=O)(=O)c1cc(S(=O)(=O)Oc2ccccc2)c(NCc2ccco2)cc1Oc1ccccc1. The van der Waals surface area contributed by atoms with Gasteiger partial charge in [0.1, 0.15) is 32.8 Å². The van der Waals surface area contributed by atoms with Crippen LogP contribution in [0, 0.1) is 0 Å². The highest BCUT2D eigenvalue weighted by Gasteiger charge is 2.28. The van der Waals surface area contributed by atoms with Crippen molar-refractivity contribution in [2.24, 2.45) is 5.14 Å². The Hall–Kier alpha value is -3.80. The number of nitrogens with two attached hydrogens (primary N) is 1. The number of anilines is 1. The Kier molecular flexibility index (Phi) is 6.59. The molecule has 3 N–H and O–H groups in total. The Balaban J connectivity index is 1.83. The highest BCUT2D eigenvalue weighted by atomic mass is 32.2. The number of primary sulfonamides is 1. The molecule has 0 fully saturated rings. The summed E-state index contributed by atoms with van der Waals surface area (Å²) in [6.07, 6.45) is 1.47. The van der Waals surface area contributed by atoms with Crippen LogP contribution < -0.4 is 19.4 Å². The summed E-state index contributed by atoms with van der Waals surface area (Å²) in [7, 11) is -8.85. The molecule has 176 valence electrons. The second kappa shape index (κ2) is 9.59. The fourth-order valence-electron chi connectivity index (χ4n) is 3.05. The quantitative estimate of drug-likeness (QED) is 0.328. The van der Waals surface area contributed by atoms with Gasteiger partial charge in [0.2, 0.25) is 10.0 Å². The molecule has 0 aliphatic rings. The molecule has 1 aromatic heterocycles. The van der Waals surface area contributed by atoms with Crippen molar-refractivity contribution in [1.29, 1.82) is 0 Å². The Labute approximate surface area is 196 Å². The molecule has 0 radical (unpaired) electrons. The third-order valence-corrected chi connectivity index (χ3v) is 6.80. The summed E-state index contributed by atoms with van der Waals surface area (Å²) in [5.74, 6) is 0.754. The summed E-state index contributed by atoms with van der Waals surface area (Å²) in [5.41, 5.74) is 0.0330. The van der Waals surface area contributed by atoms with Crippen molar-refractivity contribution in [2.45, 2.75) is 16.3 Å². The Bertz CT molecular complexity index is 1470. The first-order valence-corrected chi connectivity index (χ1v) is 12.9. The first-order valence-electron chi connectivity index (χ1n) is 9.92. The zero-order valence-corrected chi connectivity index (χ0v) is 19.3. The van der Waals surface area contributed by atoms with Crippen molar-refractivity contribution in [3.05, 3.63) is 97.0 Å². The standard InChI is InChI=1S/C23H20N2O7S2/c24-33(26,27)23-15-22(34(28,29)32-18-10-5-2-6-11-18)20(25-16-19-12-7-13-30-19)14-21(23)31-17-8-3-1-4-9-17/h1-15,25H,16H2,(H2,24,26,27). The van der Waals surface area contributed by atoms with Crippen molar-refractivity contribution >= 4 is 25.8 Å². The van der Waals surface area contributed by atoms with Crippen LogP contribution in [0.5, 0.6) is 17.2 Å². The van der Waals surface area contributed by atoms with Crippen LogP contribution in [0.25, 0.3) is 0 Å². The largest absolute Gasteiger partial charge is 0.467 e. The smallest absolute Gasteiger partial charge is 0.341 e. The molecule has 0 bridgehead atoms. The maximum atomic E-state index is 13.2.